The quantitative estimate of drug-likeness (QED) is 0.843. The summed E-state index contributed by atoms with van der Waals surface area (Å²) in [6, 6.07) is 3.82. The van der Waals surface area contributed by atoms with E-state index in [-0.39, 0.29) is 29.5 Å². The SMILES string of the molecule is CCN(C1CC1)S(=O)(=O)c1ccc(C#CCCO)c(F)c1. The van der Waals surface area contributed by atoms with Crippen LogP contribution in [0.2, 0.25) is 0 Å². The molecular weight excluding hydrogens is 293 g/mol. The van der Waals surface area contributed by atoms with Crippen molar-refractivity contribution < 1.29 is 17.9 Å². The van der Waals surface area contributed by atoms with Crippen molar-refractivity contribution in [1.82, 2.24) is 4.31 Å². The van der Waals surface area contributed by atoms with Gasteiger partial charge < -0.3 is 5.11 Å². The third kappa shape index (κ3) is 3.62. The van der Waals surface area contributed by atoms with Crippen LogP contribution >= 0.6 is 0 Å². The number of hydrogen-bond donors (Lipinski definition) is 1. The highest BCUT2D eigenvalue weighted by Gasteiger charge is 2.37. The molecule has 0 spiro atoms. The summed E-state index contributed by atoms with van der Waals surface area (Å²) in [7, 11) is -3.65. The summed E-state index contributed by atoms with van der Waals surface area (Å²) in [6.45, 7) is 2.07. The Bertz CT molecular complexity index is 672. The summed E-state index contributed by atoms with van der Waals surface area (Å²) >= 11 is 0. The predicted octanol–water partition coefficient (Wildman–Crippen LogP) is 1.73. The first-order chi connectivity index (χ1) is 10.0. The van der Waals surface area contributed by atoms with E-state index in [2.05, 4.69) is 11.8 Å². The molecule has 0 radical (unpaired) electrons. The molecule has 0 atom stereocenters. The number of halogens is 1. The fraction of sp³-hybridized carbons (Fsp3) is 0.467. The predicted molar refractivity (Wildman–Crippen MR) is 77.6 cm³/mol. The van der Waals surface area contributed by atoms with Crippen LogP contribution in [0.5, 0.6) is 0 Å². The summed E-state index contributed by atoms with van der Waals surface area (Å²) in [4.78, 5) is -0.0403. The Labute approximate surface area is 124 Å². The van der Waals surface area contributed by atoms with E-state index in [9.17, 15) is 12.8 Å². The third-order valence-corrected chi connectivity index (χ3v) is 5.30. The lowest BCUT2D eigenvalue weighted by Crippen LogP contribution is -2.32. The van der Waals surface area contributed by atoms with Gasteiger partial charge in [-0.15, -0.1) is 0 Å². The van der Waals surface area contributed by atoms with Gasteiger partial charge in [0.15, 0.2) is 0 Å². The lowest BCUT2D eigenvalue weighted by molar-refractivity contribution is 0.305. The van der Waals surface area contributed by atoms with Gasteiger partial charge in [-0.05, 0) is 31.0 Å². The smallest absolute Gasteiger partial charge is 0.243 e. The van der Waals surface area contributed by atoms with Gasteiger partial charge in [0.2, 0.25) is 10.0 Å². The van der Waals surface area contributed by atoms with Crippen molar-refractivity contribution in [1.29, 1.82) is 0 Å². The Balaban J connectivity index is 2.29. The van der Waals surface area contributed by atoms with Crippen LogP contribution in [0.1, 0.15) is 31.7 Å². The van der Waals surface area contributed by atoms with Crippen molar-refractivity contribution in [3.63, 3.8) is 0 Å². The average Bonchev–Trinajstić information content (AvgIpc) is 3.26. The van der Waals surface area contributed by atoms with Crippen LogP contribution in [0.3, 0.4) is 0 Å². The molecule has 1 fully saturated rings. The van der Waals surface area contributed by atoms with Crippen LogP contribution in [-0.2, 0) is 10.0 Å². The van der Waals surface area contributed by atoms with Crippen LogP contribution in [-0.4, -0.2) is 37.0 Å². The zero-order chi connectivity index (χ0) is 15.5. The molecule has 21 heavy (non-hydrogen) atoms. The van der Waals surface area contributed by atoms with Gasteiger partial charge >= 0.3 is 0 Å². The second-order valence-electron chi connectivity index (χ2n) is 4.86. The fourth-order valence-corrected chi connectivity index (χ4v) is 3.80. The fourth-order valence-electron chi connectivity index (χ4n) is 2.09. The van der Waals surface area contributed by atoms with E-state index < -0.39 is 15.8 Å². The molecule has 1 aromatic rings. The molecule has 0 amide bonds. The maximum Gasteiger partial charge on any atom is 0.243 e. The Morgan fingerprint density at radius 3 is 2.67 bits per heavy atom. The Morgan fingerprint density at radius 1 is 1.43 bits per heavy atom. The molecule has 0 saturated heterocycles. The van der Waals surface area contributed by atoms with Gasteiger partial charge in [0, 0.05) is 19.0 Å². The molecule has 1 aliphatic rings. The molecule has 1 aromatic carbocycles. The van der Waals surface area contributed by atoms with Crippen LogP contribution in [0.25, 0.3) is 0 Å². The van der Waals surface area contributed by atoms with Gasteiger partial charge in [-0.1, -0.05) is 18.8 Å². The molecule has 0 bridgehead atoms. The first-order valence-corrected chi connectivity index (χ1v) is 8.35. The molecule has 4 nitrogen and oxygen atoms in total. The minimum absolute atomic E-state index is 0.0403. The molecule has 0 aromatic heterocycles. The number of aliphatic hydroxyl groups is 1. The molecule has 0 aliphatic heterocycles. The number of hydrogen-bond acceptors (Lipinski definition) is 3. The lowest BCUT2D eigenvalue weighted by Gasteiger charge is -2.20. The number of benzene rings is 1. The van der Waals surface area contributed by atoms with Gasteiger partial charge in [-0.2, -0.15) is 4.31 Å². The van der Waals surface area contributed by atoms with E-state index in [1.54, 1.807) is 6.92 Å². The van der Waals surface area contributed by atoms with Gasteiger partial charge in [0.05, 0.1) is 17.1 Å². The highest BCUT2D eigenvalue weighted by Crippen LogP contribution is 2.32. The molecule has 2 rings (SSSR count). The van der Waals surface area contributed by atoms with E-state index in [0.717, 1.165) is 18.9 Å². The first kappa shape index (κ1) is 16.0. The van der Waals surface area contributed by atoms with E-state index >= 15 is 0 Å². The zero-order valence-electron chi connectivity index (χ0n) is 11.8. The normalized spacial score (nSPS) is 14.9. The zero-order valence-corrected chi connectivity index (χ0v) is 12.7. The highest BCUT2D eigenvalue weighted by molar-refractivity contribution is 7.89. The molecule has 0 heterocycles. The topological polar surface area (TPSA) is 57.6 Å². The van der Waals surface area contributed by atoms with Gasteiger partial charge in [-0.3, -0.25) is 0 Å². The molecule has 114 valence electrons. The van der Waals surface area contributed by atoms with Crippen molar-refractivity contribution in [2.24, 2.45) is 0 Å². The molecule has 1 saturated carbocycles. The van der Waals surface area contributed by atoms with E-state index in [0.29, 0.717) is 6.54 Å². The van der Waals surface area contributed by atoms with E-state index in [1.807, 2.05) is 0 Å². The average molecular weight is 311 g/mol. The Hall–Kier alpha value is -1.42. The van der Waals surface area contributed by atoms with Crippen LogP contribution < -0.4 is 0 Å². The Kier molecular flexibility index (Phi) is 4.99. The highest BCUT2D eigenvalue weighted by atomic mass is 32.2. The van der Waals surface area contributed by atoms with Gasteiger partial charge in [0.1, 0.15) is 5.82 Å². The number of nitrogens with zero attached hydrogens (tertiary/aromatic N) is 1. The second kappa shape index (κ2) is 6.56. The Morgan fingerprint density at radius 2 is 2.14 bits per heavy atom. The van der Waals surface area contributed by atoms with Crippen molar-refractivity contribution in [3.8, 4) is 11.8 Å². The largest absolute Gasteiger partial charge is 0.395 e. The van der Waals surface area contributed by atoms with E-state index in [1.165, 1.54) is 16.4 Å². The number of aliphatic hydroxyl groups excluding tert-OH is 1. The van der Waals surface area contributed by atoms with Crippen LogP contribution in [0, 0.1) is 17.7 Å². The van der Waals surface area contributed by atoms with Gasteiger partial charge in [-0.25, -0.2) is 12.8 Å². The maximum atomic E-state index is 13.9. The first-order valence-electron chi connectivity index (χ1n) is 6.91. The second-order valence-corrected chi connectivity index (χ2v) is 6.75. The summed E-state index contributed by atoms with van der Waals surface area (Å²) in [6.07, 6.45) is 1.98. The van der Waals surface area contributed by atoms with Crippen molar-refractivity contribution in [2.75, 3.05) is 13.2 Å². The number of sulfonamides is 1. The van der Waals surface area contributed by atoms with E-state index in [4.69, 9.17) is 5.11 Å². The molecule has 0 unspecified atom stereocenters. The molecule has 1 aliphatic carbocycles. The van der Waals surface area contributed by atoms with Crippen LogP contribution in [0.15, 0.2) is 23.1 Å². The number of rotatable bonds is 5. The summed E-state index contributed by atoms with van der Waals surface area (Å²) in [5.41, 5.74) is 0.136. The standard InChI is InChI=1S/C15H18FNO3S/c1-2-17(13-7-8-13)21(19,20)14-9-6-12(15(16)11-14)5-3-4-10-18/h6,9,11,13,18H,2,4,7-8,10H2,1H3. The lowest BCUT2D eigenvalue weighted by atomic mass is 10.2. The summed E-state index contributed by atoms with van der Waals surface area (Å²) in [5, 5.41) is 8.63. The molecule has 6 heteroatoms. The molecule has 1 N–H and O–H groups in total. The van der Waals surface area contributed by atoms with Crippen molar-refractivity contribution in [3.05, 3.63) is 29.6 Å². The summed E-state index contributed by atoms with van der Waals surface area (Å²) in [5.74, 6) is 4.53. The van der Waals surface area contributed by atoms with Crippen molar-refractivity contribution >= 4 is 10.0 Å². The molecular formula is C15H18FNO3S. The minimum atomic E-state index is -3.65. The van der Waals surface area contributed by atoms with Gasteiger partial charge in [0.25, 0.3) is 0 Å². The van der Waals surface area contributed by atoms with Crippen molar-refractivity contribution in [2.45, 2.75) is 37.1 Å². The minimum Gasteiger partial charge on any atom is -0.395 e. The maximum absolute atomic E-state index is 13.9. The van der Waals surface area contributed by atoms with Crippen LogP contribution in [0.4, 0.5) is 4.39 Å². The third-order valence-electron chi connectivity index (χ3n) is 3.27. The monoisotopic (exact) mass is 311 g/mol. The summed E-state index contributed by atoms with van der Waals surface area (Å²) < 4.78 is 40.3.